The van der Waals surface area contributed by atoms with Crippen molar-refractivity contribution in [2.45, 2.75) is 32.2 Å². The number of carboxylic acids is 1. The van der Waals surface area contributed by atoms with Crippen LogP contribution in [0.1, 0.15) is 26.7 Å². The summed E-state index contributed by atoms with van der Waals surface area (Å²) < 4.78 is 5.41. The number of ether oxygens (including phenoxy) is 1. The van der Waals surface area contributed by atoms with Crippen LogP contribution >= 0.6 is 0 Å². The van der Waals surface area contributed by atoms with Crippen molar-refractivity contribution in [3.8, 4) is 0 Å². The van der Waals surface area contributed by atoms with Crippen molar-refractivity contribution in [3.63, 3.8) is 0 Å². The fourth-order valence-electron chi connectivity index (χ4n) is 2.70. The summed E-state index contributed by atoms with van der Waals surface area (Å²) in [6.07, 6.45) is 1.09. The summed E-state index contributed by atoms with van der Waals surface area (Å²) >= 11 is 0. The van der Waals surface area contributed by atoms with Gasteiger partial charge in [0, 0.05) is 19.6 Å². The van der Waals surface area contributed by atoms with Gasteiger partial charge in [0.15, 0.2) is 0 Å². The van der Waals surface area contributed by atoms with Crippen molar-refractivity contribution in [3.05, 3.63) is 0 Å². The van der Waals surface area contributed by atoms with Gasteiger partial charge >= 0.3 is 12.0 Å². The van der Waals surface area contributed by atoms with E-state index in [0.29, 0.717) is 45.7 Å². The second-order valence-electron chi connectivity index (χ2n) is 5.90. The quantitative estimate of drug-likeness (QED) is 0.772. The van der Waals surface area contributed by atoms with Crippen molar-refractivity contribution in [2.75, 3.05) is 32.8 Å². The molecule has 2 amide bonds. The van der Waals surface area contributed by atoms with Gasteiger partial charge in [-0.1, -0.05) is 0 Å². The molecule has 2 aliphatic rings. The molecule has 1 N–H and O–H groups in total. The monoisotopic (exact) mass is 270 g/mol. The summed E-state index contributed by atoms with van der Waals surface area (Å²) in [6.45, 7) is 6.77. The average Bonchev–Trinajstić information content (AvgIpc) is 2.37. The number of hydrogen-bond donors (Lipinski definition) is 1. The zero-order valence-corrected chi connectivity index (χ0v) is 11.6. The number of urea groups is 1. The van der Waals surface area contributed by atoms with E-state index in [9.17, 15) is 9.59 Å². The van der Waals surface area contributed by atoms with Gasteiger partial charge in [-0.2, -0.15) is 0 Å². The number of carboxylic acid groups (broad SMARTS) is 1. The second-order valence-corrected chi connectivity index (χ2v) is 5.90. The lowest BCUT2D eigenvalue weighted by molar-refractivity contribution is -0.143. The lowest BCUT2D eigenvalue weighted by Gasteiger charge is -2.45. The Morgan fingerprint density at radius 3 is 2.37 bits per heavy atom. The first-order valence-corrected chi connectivity index (χ1v) is 6.79. The van der Waals surface area contributed by atoms with Crippen LogP contribution in [0.2, 0.25) is 0 Å². The third-order valence-corrected chi connectivity index (χ3v) is 3.99. The maximum absolute atomic E-state index is 12.5. The highest BCUT2D eigenvalue weighted by Gasteiger charge is 2.37. The van der Waals surface area contributed by atoms with E-state index in [1.807, 2.05) is 18.7 Å². The van der Waals surface area contributed by atoms with Crippen molar-refractivity contribution < 1.29 is 19.4 Å². The molecular formula is C13H22N2O4. The minimum Gasteiger partial charge on any atom is -0.481 e. The number of carbonyl (C=O) groups is 2. The molecule has 0 unspecified atom stereocenters. The summed E-state index contributed by atoms with van der Waals surface area (Å²) in [4.78, 5) is 27.0. The number of aliphatic carboxylic acids is 1. The maximum atomic E-state index is 12.5. The molecule has 0 radical (unpaired) electrons. The molecule has 2 heterocycles. The molecular weight excluding hydrogens is 248 g/mol. The fraction of sp³-hybridized carbons (Fsp3) is 0.846. The molecule has 0 atom stereocenters. The maximum Gasteiger partial charge on any atom is 0.320 e. The SMILES string of the molecule is CC1(C)COCCN1C(=O)N1CCC(C(=O)O)CC1. The van der Waals surface area contributed by atoms with Crippen molar-refractivity contribution in [1.82, 2.24) is 9.80 Å². The van der Waals surface area contributed by atoms with Gasteiger partial charge in [-0.15, -0.1) is 0 Å². The van der Waals surface area contributed by atoms with Crippen LogP contribution in [-0.4, -0.2) is 65.3 Å². The molecule has 0 aliphatic carbocycles. The van der Waals surface area contributed by atoms with Gasteiger partial charge in [0.05, 0.1) is 24.7 Å². The molecule has 2 rings (SSSR count). The Labute approximate surface area is 113 Å². The zero-order valence-electron chi connectivity index (χ0n) is 11.6. The predicted octanol–water partition coefficient (Wildman–Crippen LogP) is 1.01. The second kappa shape index (κ2) is 5.36. The van der Waals surface area contributed by atoms with Crippen LogP contribution in [0, 0.1) is 5.92 Å². The number of hydrogen-bond acceptors (Lipinski definition) is 3. The van der Waals surface area contributed by atoms with E-state index < -0.39 is 5.97 Å². The lowest BCUT2D eigenvalue weighted by atomic mass is 9.97. The highest BCUT2D eigenvalue weighted by Crippen LogP contribution is 2.24. The Bertz CT molecular complexity index is 362. The van der Waals surface area contributed by atoms with Gasteiger partial charge in [-0.3, -0.25) is 4.79 Å². The highest BCUT2D eigenvalue weighted by molar-refractivity contribution is 5.76. The first-order valence-electron chi connectivity index (χ1n) is 6.79. The van der Waals surface area contributed by atoms with Crippen molar-refractivity contribution in [1.29, 1.82) is 0 Å². The van der Waals surface area contributed by atoms with Gasteiger partial charge in [-0.05, 0) is 26.7 Å². The minimum absolute atomic E-state index is 0.0112. The van der Waals surface area contributed by atoms with Crippen LogP contribution in [0.5, 0.6) is 0 Å². The molecule has 0 bridgehead atoms. The lowest BCUT2D eigenvalue weighted by Crippen LogP contribution is -2.60. The van der Waals surface area contributed by atoms with E-state index in [1.165, 1.54) is 0 Å². The minimum atomic E-state index is -0.751. The molecule has 0 aromatic carbocycles. The third kappa shape index (κ3) is 3.00. The average molecular weight is 270 g/mol. The normalized spacial score (nSPS) is 24.3. The number of morpholine rings is 1. The van der Waals surface area contributed by atoms with Crippen LogP contribution in [0.4, 0.5) is 4.79 Å². The summed E-state index contributed by atoms with van der Waals surface area (Å²) in [5, 5.41) is 8.96. The smallest absolute Gasteiger partial charge is 0.320 e. The molecule has 108 valence electrons. The van der Waals surface area contributed by atoms with Gasteiger partial charge in [0.25, 0.3) is 0 Å². The topological polar surface area (TPSA) is 70.1 Å². The number of amides is 2. The largest absolute Gasteiger partial charge is 0.481 e. The van der Waals surface area contributed by atoms with E-state index in [4.69, 9.17) is 9.84 Å². The number of piperidine rings is 1. The molecule has 19 heavy (non-hydrogen) atoms. The predicted molar refractivity (Wildman–Crippen MR) is 68.9 cm³/mol. The fourth-order valence-corrected chi connectivity index (χ4v) is 2.70. The molecule has 0 spiro atoms. The number of nitrogens with zero attached hydrogens (tertiary/aromatic N) is 2. The van der Waals surface area contributed by atoms with Gasteiger partial charge < -0.3 is 19.6 Å². The Balaban J connectivity index is 1.95. The summed E-state index contributed by atoms with van der Waals surface area (Å²) in [5.41, 5.74) is -0.293. The molecule has 0 saturated carbocycles. The van der Waals surface area contributed by atoms with E-state index in [1.54, 1.807) is 4.90 Å². The Morgan fingerprint density at radius 2 is 1.84 bits per heavy atom. The van der Waals surface area contributed by atoms with Crippen molar-refractivity contribution >= 4 is 12.0 Å². The third-order valence-electron chi connectivity index (χ3n) is 3.99. The van der Waals surface area contributed by atoms with Gasteiger partial charge in [-0.25, -0.2) is 4.79 Å². The Hall–Kier alpha value is -1.30. The number of likely N-dealkylation sites (tertiary alicyclic amines) is 1. The zero-order chi connectivity index (χ0) is 14.0. The van der Waals surface area contributed by atoms with E-state index in [-0.39, 0.29) is 17.5 Å². The van der Waals surface area contributed by atoms with Crippen LogP contribution < -0.4 is 0 Å². The Morgan fingerprint density at radius 1 is 1.21 bits per heavy atom. The summed E-state index contributed by atoms with van der Waals surface area (Å²) in [6, 6.07) is 0.0112. The number of carbonyl (C=O) groups excluding carboxylic acids is 1. The Kier molecular flexibility index (Phi) is 3.99. The molecule has 0 aromatic rings. The molecule has 6 heteroatoms. The molecule has 2 aliphatic heterocycles. The van der Waals surface area contributed by atoms with Crippen molar-refractivity contribution in [2.24, 2.45) is 5.92 Å². The summed E-state index contributed by atoms with van der Waals surface area (Å²) in [5.74, 6) is -1.06. The first kappa shape index (κ1) is 14.1. The number of rotatable bonds is 1. The molecule has 0 aromatic heterocycles. The molecule has 2 fully saturated rings. The summed E-state index contributed by atoms with van der Waals surface area (Å²) in [7, 11) is 0. The standard InChI is InChI=1S/C13H22N2O4/c1-13(2)9-19-8-7-15(13)12(18)14-5-3-10(4-6-14)11(16)17/h10H,3-9H2,1-2H3,(H,16,17). The molecule has 2 saturated heterocycles. The van der Waals surface area contributed by atoms with Crippen LogP contribution in [0.3, 0.4) is 0 Å². The van der Waals surface area contributed by atoms with E-state index >= 15 is 0 Å². The van der Waals surface area contributed by atoms with Crippen LogP contribution in [0.15, 0.2) is 0 Å². The van der Waals surface area contributed by atoms with Crippen LogP contribution in [0.25, 0.3) is 0 Å². The van der Waals surface area contributed by atoms with Gasteiger partial charge in [0.2, 0.25) is 0 Å². The van der Waals surface area contributed by atoms with E-state index in [2.05, 4.69) is 0 Å². The first-order chi connectivity index (χ1) is 8.92. The van der Waals surface area contributed by atoms with E-state index in [0.717, 1.165) is 0 Å². The van der Waals surface area contributed by atoms with Crippen LogP contribution in [-0.2, 0) is 9.53 Å². The van der Waals surface area contributed by atoms with Gasteiger partial charge in [0.1, 0.15) is 0 Å². The molecule has 6 nitrogen and oxygen atoms in total. The highest BCUT2D eigenvalue weighted by atomic mass is 16.5.